The summed E-state index contributed by atoms with van der Waals surface area (Å²) in [5.74, 6) is -1.24. The van der Waals surface area contributed by atoms with E-state index < -0.39 is 11.9 Å². The lowest BCUT2D eigenvalue weighted by atomic mass is 10.1. The molecule has 0 aromatic heterocycles. The first-order chi connectivity index (χ1) is 12.1. The van der Waals surface area contributed by atoms with Crippen molar-refractivity contribution >= 4 is 23.5 Å². The molecular formula is C18H16N2O5. The van der Waals surface area contributed by atoms with Crippen molar-refractivity contribution in [3.8, 4) is 5.75 Å². The summed E-state index contributed by atoms with van der Waals surface area (Å²) in [5, 5.41) is 11.8. The molecule has 7 nitrogen and oxygen atoms in total. The third-order valence-electron chi connectivity index (χ3n) is 3.83. The Hall–Kier alpha value is -3.35. The molecule has 0 spiro atoms. The molecule has 0 unspecified atom stereocenters. The van der Waals surface area contributed by atoms with Gasteiger partial charge in [-0.25, -0.2) is 4.79 Å². The van der Waals surface area contributed by atoms with Crippen LogP contribution in [0.3, 0.4) is 0 Å². The van der Waals surface area contributed by atoms with Crippen LogP contribution in [0.2, 0.25) is 0 Å². The minimum absolute atomic E-state index is 0.0488. The molecular weight excluding hydrogens is 324 g/mol. The summed E-state index contributed by atoms with van der Waals surface area (Å²) in [6.45, 7) is 0.403. The second-order valence-corrected chi connectivity index (χ2v) is 5.41. The number of aromatic carboxylic acids is 1. The molecule has 1 aliphatic heterocycles. The fourth-order valence-corrected chi connectivity index (χ4v) is 2.64. The lowest BCUT2D eigenvalue weighted by Gasteiger charge is -2.29. The first-order valence-corrected chi connectivity index (χ1v) is 7.70. The van der Waals surface area contributed by atoms with Crippen molar-refractivity contribution in [1.82, 2.24) is 5.32 Å². The Labute approximate surface area is 143 Å². The smallest absolute Gasteiger partial charge is 0.336 e. The zero-order valence-corrected chi connectivity index (χ0v) is 13.3. The van der Waals surface area contributed by atoms with Crippen molar-refractivity contribution in [1.29, 1.82) is 0 Å². The number of nitrogens with zero attached hydrogens (tertiary/aromatic N) is 1. The number of carbonyl (C=O) groups is 3. The van der Waals surface area contributed by atoms with Crippen molar-refractivity contribution in [3.05, 3.63) is 59.7 Å². The van der Waals surface area contributed by atoms with Gasteiger partial charge in [-0.3, -0.25) is 9.59 Å². The number of anilines is 1. The van der Waals surface area contributed by atoms with E-state index in [9.17, 15) is 14.4 Å². The van der Waals surface area contributed by atoms with Gasteiger partial charge in [0.25, 0.3) is 11.8 Å². The number of rotatable bonds is 5. The lowest BCUT2D eigenvalue weighted by Crippen LogP contribution is -2.43. The third kappa shape index (κ3) is 3.45. The molecule has 0 radical (unpaired) electrons. The highest BCUT2D eigenvalue weighted by molar-refractivity contribution is 6.04. The minimum atomic E-state index is -1.16. The van der Waals surface area contributed by atoms with Crippen molar-refractivity contribution in [2.75, 3.05) is 24.6 Å². The van der Waals surface area contributed by atoms with Crippen LogP contribution in [0.5, 0.6) is 5.75 Å². The summed E-state index contributed by atoms with van der Waals surface area (Å²) in [7, 11) is 0. The summed E-state index contributed by atoms with van der Waals surface area (Å²) < 4.78 is 5.36. The molecule has 0 saturated carbocycles. The summed E-state index contributed by atoms with van der Waals surface area (Å²) in [5.41, 5.74) is 0.676. The van der Waals surface area contributed by atoms with Crippen LogP contribution in [0.15, 0.2) is 48.5 Å². The van der Waals surface area contributed by atoms with Crippen LogP contribution in [0.25, 0.3) is 0 Å². The number of nitrogens with one attached hydrogen (secondary N) is 1. The van der Waals surface area contributed by atoms with Crippen molar-refractivity contribution in [2.24, 2.45) is 0 Å². The van der Waals surface area contributed by atoms with Gasteiger partial charge in [-0.05, 0) is 24.3 Å². The molecule has 128 valence electrons. The Balaban J connectivity index is 1.67. The molecule has 7 heteroatoms. The van der Waals surface area contributed by atoms with E-state index in [1.54, 1.807) is 35.2 Å². The van der Waals surface area contributed by atoms with E-state index in [4.69, 9.17) is 9.84 Å². The van der Waals surface area contributed by atoms with Gasteiger partial charge in [0.05, 0.1) is 16.8 Å². The van der Waals surface area contributed by atoms with Crippen LogP contribution >= 0.6 is 0 Å². The monoisotopic (exact) mass is 340 g/mol. The predicted octanol–water partition coefficient (Wildman–Crippen LogP) is 1.54. The highest BCUT2D eigenvalue weighted by Crippen LogP contribution is 2.30. The van der Waals surface area contributed by atoms with Gasteiger partial charge in [0.2, 0.25) is 0 Å². The SMILES string of the molecule is O=C(O)c1ccccc1C(=O)NCCN1C(=O)COc2ccccc21. The molecule has 2 N–H and O–H groups in total. The number of benzene rings is 2. The van der Waals surface area contributed by atoms with E-state index >= 15 is 0 Å². The maximum atomic E-state index is 12.2. The van der Waals surface area contributed by atoms with Crippen LogP contribution in [0.4, 0.5) is 5.69 Å². The molecule has 2 aromatic carbocycles. The molecule has 1 aliphatic rings. The largest absolute Gasteiger partial charge is 0.482 e. The summed E-state index contributed by atoms with van der Waals surface area (Å²) in [4.78, 5) is 37.0. The van der Waals surface area contributed by atoms with Crippen LogP contribution in [-0.4, -0.2) is 42.6 Å². The van der Waals surface area contributed by atoms with Gasteiger partial charge in [0, 0.05) is 13.1 Å². The Kier molecular flexibility index (Phi) is 4.65. The number of carbonyl (C=O) groups excluding carboxylic acids is 2. The Morgan fingerprint density at radius 3 is 2.52 bits per heavy atom. The lowest BCUT2D eigenvalue weighted by molar-refractivity contribution is -0.121. The number of carboxylic acids is 1. The van der Waals surface area contributed by atoms with E-state index in [2.05, 4.69) is 5.32 Å². The highest BCUT2D eigenvalue weighted by Gasteiger charge is 2.25. The van der Waals surface area contributed by atoms with Crippen molar-refractivity contribution in [3.63, 3.8) is 0 Å². The standard InChI is InChI=1S/C18H16N2O5/c21-16-11-25-15-8-4-3-7-14(15)20(16)10-9-19-17(22)12-5-1-2-6-13(12)18(23)24/h1-8H,9-11H2,(H,19,22)(H,23,24). The number of fused-ring (bicyclic) bond motifs is 1. The molecule has 3 rings (SSSR count). The van der Waals surface area contributed by atoms with Crippen molar-refractivity contribution in [2.45, 2.75) is 0 Å². The van der Waals surface area contributed by atoms with Crippen molar-refractivity contribution < 1.29 is 24.2 Å². The minimum Gasteiger partial charge on any atom is -0.482 e. The van der Waals surface area contributed by atoms with Gasteiger partial charge in [-0.15, -0.1) is 0 Å². The molecule has 0 atom stereocenters. The maximum absolute atomic E-state index is 12.2. The molecule has 0 bridgehead atoms. The summed E-state index contributed by atoms with van der Waals surface area (Å²) in [6, 6.07) is 13.1. The number of ether oxygens (including phenoxy) is 1. The molecule has 0 saturated heterocycles. The second-order valence-electron chi connectivity index (χ2n) is 5.41. The van der Waals surface area contributed by atoms with Gasteiger partial charge < -0.3 is 20.1 Å². The van der Waals surface area contributed by atoms with Crippen LogP contribution in [0.1, 0.15) is 20.7 Å². The Morgan fingerprint density at radius 1 is 1.08 bits per heavy atom. The van der Waals surface area contributed by atoms with Crippen LogP contribution < -0.4 is 15.0 Å². The van der Waals surface area contributed by atoms with Crippen LogP contribution in [0, 0.1) is 0 Å². The number of hydrogen-bond acceptors (Lipinski definition) is 4. The van der Waals surface area contributed by atoms with Gasteiger partial charge in [0.1, 0.15) is 5.75 Å². The van der Waals surface area contributed by atoms with Gasteiger partial charge >= 0.3 is 5.97 Å². The Morgan fingerprint density at radius 2 is 1.76 bits per heavy atom. The summed E-state index contributed by atoms with van der Waals surface area (Å²) >= 11 is 0. The molecule has 0 aliphatic carbocycles. The number of para-hydroxylation sites is 2. The molecule has 25 heavy (non-hydrogen) atoms. The van der Waals surface area contributed by atoms with Gasteiger partial charge in [0.15, 0.2) is 6.61 Å². The quantitative estimate of drug-likeness (QED) is 0.861. The predicted molar refractivity (Wildman–Crippen MR) is 90.0 cm³/mol. The van der Waals surface area contributed by atoms with Crippen LogP contribution in [-0.2, 0) is 4.79 Å². The maximum Gasteiger partial charge on any atom is 0.336 e. The van der Waals surface area contributed by atoms with E-state index in [0.717, 1.165) is 0 Å². The zero-order valence-electron chi connectivity index (χ0n) is 13.3. The topological polar surface area (TPSA) is 95.9 Å². The molecule has 2 amide bonds. The highest BCUT2D eigenvalue weighted by atomic mass is 16.5. The van der Waals surface area contributed by atoms with E-state index in [1.807, 2.05) is 6.07 Å². The second kappa shape index (κ2) is 7.04. The Bertz CT molecular complexity index is 834. The number of amides is 2. The average molecular weight is 340 g/mol. The average Bonchev–Trinajstić information content (AvgIpc) is 2.63. The molecule has 0 fully saturated rings. The van der Waals surface area contributed by atoms with Gasteiger partial charge in [-0.2, -0.15) is 0 Å². The number of hydrogen-bond donors (Lipinski definition) is 2. The van der Waals surface area contributed by atoms with E-state index in [-0.39, 0.29) is 36.7 Å². The van der Waals surface area contributed by atoms with E-state index in [0.29, 0.717) is 11.4 Å². The third-order valence-corrected chi connectivity index (χ3v) is 3.83. The summed E-state index contributed by atoms with van der Waals surface area (Å²) in [6.07, 6.45) is 0. The number of carboxylic acid groups (broad SMARTS) is 1. The molecule has 1 heterocycles. The molecule has 2 aromatic rings. The fourth-order valence-electron chi connectivity index (χ4n) is 2.64. The van der Waals surface area contributed by atoms with E-state index in [1.165, 1.54) is 12.1 Å². The van der Waals surface area contributed by atoms with Gasteiger partial charge in [-0.1, -0.05) is 24.3 Å². The first kappa shape index (κ1) is 16.5. The zero-order chi connectivity index (χ0) is 17.8. The first-order valence-electron chi connectivity index (χ1n) is 7.70. The normalized spacial score (nSPS) is 13.0. The fraction of sp³-hybridized carbons (Fsp3) is 0.167.